The molecule has 0 radical (unpaired) electrons. The summed E-state index contributed by atoms with van der Waals surface area (Å²) in [7, 11) is 0. The molecule has 2 heterocycles. The molecule has 0 unspecified atom stereocenters. The zero-order valence-corrected chi connectivity index (χ0v) is 15.6. The van der Waals surface area contributed by atoms with Gasteiger partial charge in [0.2, 0.25) is 5.91 Å². The maximum Gasteiger partial charge on any atom is 0.419 e. The summed E-state index contributed by atoms with van der Waals surface area (Å²) in [5.41, 5.74) is 5.54. The summed E-state index contributed by atoms with van der Waals surface area (Å²) >= 11 is 0. The number of amides is 2. The van der Waals surface area contributed by atoms with E-state index in [-0.39, 0.29) is 11.5 Å². The lowest BCUT2D eigenvalue weighted by Gasteiger charge is -2.22. The van der Waals surface area contributed by atoms with Crippen LogP contribution in [0.3, 0.4) is 0 Å². The van der Waals surface area contributed by atoms with Crippen LogP contribution in [0.2, 0.25) is 0 Å². The monoisotopic (exact) mass is 419 g/mol. The highest BCUT2D eigenvalue weighted by molar-refractivity contribution is 6.10. The minimum atomic E-state index is -4.78. The number of nitrogens with one attached hydrogen (secondary N) is 1. The van der Waals surface area contributed by atoms with Crippen LogP contribution < -0.4 is 5.73 Å². The molecule has 0 saturated carbocycles. The highest BCUT2D eigenvalue weighted by atomic mass is 19.4. The van der Waals surface area contributed by atoms with E-state index in [1.807, 2.05) is 0 Å². The highest BCUT2D eigenvalue weighted by Crippen LogP contribution is 2.36. The number of nitrogens with zero attached hydrogens (tertiary/aromatic N) is 1. The number of nitrogens with two attached hydrogens (primary N) is 1. The second-order valence-electron chi connectivity index (χ2n) is 7.18. The van der Waals surface area contributed by atoms with Gasteiger partial charge in [0.05, 0.1) is 16.6 Å². The van der Waals surface area contributed by atoms with E-state index in [1.54, 1.807) is 18.3 Å². The van der Waals surface area contributed by atoms with Crippen molar-refractivity contribution in [3.63, 3.8) is 0 Å². The Morgan fingerprint density at radius 2 is 1.90 bits per heavy atom. The first-order valence-corrected chi connectivity index (χ1v) is 9.26. The maximum absolute atomic E-state index is 14.1. The van der Waals surface area contributed by atoms with Crippen LogP contribution in [0.5, 0.6) is 0 Å². The molecule has 3 aromatic rings. The minimum absolute atomic E-state index is 0.250. The molecule has 1 aliphatic heterocycles. The van der Waals surface area contributed by atoms with Crippen LogP contribution in [0, 0.1) is 5.82 Å². The fourth-order valence-electron chi connectivity index (χ4n) is 3.96. The molecule has 156 valence electrons. The smallest absolute Gasteiger partial charge is 0.368 e. The van der Waals surface area contributed by atoms with E-state index in [1.165, 1.54) is 17.0 Å². The Balaban J connectivity index is 1.76. The lowest BCUT2D eigenvalue weighted by atomic mass is 9.97. The maximum atomic E-state index is 14.1. The van der Waals surface area contributed by atoms with Gasteiger partial charge in [-0.1, -0.05) is 12.1 Å². The van der Waals surface area contributed by atoms with E-state index in [0.717, 1.165) is 6.07 Å². The van der Waals surface area contributed by atoms with Crippen LogP contribution in [-0.2, 0) is 11.0 Å². The normalized spacial score (nSPS) is 16.9. The van der Waals surface area contributed by atoms with Crippen LogP contribution in [0.25, 0.3) is 22.0 Å². The number of H-pyrrole nitrogens is 1. The average molecular weight is 419 g/mol. The second-order valence-corrected chi connectivity index (χ2v) is 7.18. The number of rotatable bonds is 3. The third kappa shape index (κ3) is 3.30. The number of aromatic nitrogens is 1. The van der Waals surface area contributed by atoms with E-state index in [0.29, 0.717) is 47.5 Å². The van der Waals surface area contributed by atoms with Crippen LogP contribution >= 0.6 is 0 Å². The fraction of sp³-hybridized carbons (Fsp3) is 0.238. The summed E-state index contributed by atoms with van der Waals surface area (Å²) in [6.07, 6.45) is -2.04. The Morgan fingerprint density at radius 1 is 1.13 bits per heavy atom. The lowest BCUT2D eigenvalue weighted by molar-refractivity contribution is -0.140. The molecule has 1 aliphatic rings. The molecule has 3 N–H and O–H groups in total. The third-order valence-electron chi connectivity index (χ3n) is 5.38. The van der Waals surface area contributed by atoms with Gasteiger partial charge < -0.3 is 15.6 Å². The van der Waals surface area contributed by atoms with E-state index >= 15 is 0 Å². The van der Waals surface area contributed by atoms with Crippen LogP contribution in [0.4, 0.5) is 17.6 Å². The lowest BCUT2D eigenvalue weighted by Crippen LogP contribution is -2.43. The Morgan fingerprint density at radius 3 is 2.57 bits per heavy atom. The van der Waals surface area contributed by atoms with Gasteiger partial charge >= 0.3 is 6.18 Å². The molecule has 1 atom stereocenters. The van der Waals surface area contributed by atoms with Crippen molar-refractivity contribution in [3.05, 3.63) is 59.5 Å². The molecular formula is C21H17F4N3O2. The number of likely N-dealkylation sites (tertiary alicyclic amines) is 1. The number of carbonyl (C=O) groups excluding carboxylic acids is 2. The molecule has 0 spiro atoms. The molecule has 1 saturated heterocycles. The van der Waals surface area contributed by atoms with Gasteiger partial charge in [0.25, 0.3) is 5.91 Å². The van der Waals surface area contributed by atoms with Crippen molar-refractivity contribution in [1.82, 2.24) is 9.88 Å². The van der Waals surface area contributed by atoms with Crippen LogP contribution in [-0.4, -0.2) is 34.3 Å². The van der Waals surface area contributed by atoms with E-state index in [2.05, 4.69) is 4.98 Å². The van der Waals surface area contributed by atoms with Gasteiger partial charge in [-0.3, -0.25) is 9.59 Å². The van der Waals surface area contributed by atoms with Crippen molar-refractivity contribution < 1.29 is 27.2 Å². The van der Waals surface area contributed by atoms with Gasteiger partial charge in [-0.05, 0) is 48.2 Å². The summed E-state index contributed by atoms with van der Waals surface area (Å²) in [6, 6.07) is 6.78. The summed E-state index contributed by atoms with van der Waals surface area (Å²) in [4.78, 5) is 29.1. The third-order valence-corrected chi connectivity index (χ3v) is 5.38. The summed E-state index contributed by atoms with van der Waals surface area (Å²) in [6.45, 7) is 0.403. The average Bonchev–Trinajstić information content (AvgIpc) is 3.35. The number of primary amides is 1. The first kappa shape index (κ1) is 19.9. The Labute approximate surface area is 168 Å². The number of benzene rings is 2. The predicted molar refractivity (Wildman–Crippen MR) is 102 cm³/mol. The zero-order chi connectivity index (χ0) is 21.6. The number of hydrogen-bond acceptors (Lipinski definition) is 2. The van der Waals surface area contributed by atoms with Crippen molar-refractivity contribution in [3.8, 4) is 11.1 Å². The summed E-state index contributed by atoms with van der Waals surface area (Å²) < 4.78 is 52.6. The van der Waals surface area contributed by atoms with E-state index < -0.39 is 29.5 Å². The van der Waals surface area contributed by atoms with Gasteiger partial charge in [-0.2, -0.15) is 13.2 Å². The van der Waals surface area contributed by atoms with Gasteiger partial charge in [0.15, 0.2) is 0 Å². The van der Waals surface area contributed by atoms with E-state index in [9.17, 15) is 27.2 Å². The Kier molecular flexibility index (Phi) is 4.76. The molecule has 9 heteroatoms. The largest absolute Gasteiger partial charge is 0.419 e. The first-order chi connectivity index (χ1) is 14.2. The molecule has 2 aromatic carbocycles. The van der Waals surface area contributed by atoms with Crippen LogP contribution in [0.1, 0.15) is 28.8 Å². The van der Waals surface area contributed by atoms with Gasteiger partial charge in [-0.15, -0.1) is 0 Å². The minimum Gasteiger partial charge on any atom is -0.368 e. The highest BCUT2D eigenvalue weighted by Gasteiger charge is 2.35. The molecule has 30 heavy (non-hydrogen) atoms. The number of carbonyl (C=O) groups is 2. The van der Waals surface area contributed by atoms with Gasteiger partial charge in [-0.25, -0.2) is 4.39 Å². The topological polar surface area (TPSA) is 79.2 Å². The van der Waals surface area contributed by atoms with Crippen molar-refractivity contribution in [1.29, 1.82) is 0 Å². The number of fused-ring (bicyclic) bond motifs is 1. The van der Waals surface area contributed by atoms with Crippen molar-refractivity contribution in [2.24, 2.45) is 5.73 Å². The molecule has 1 fully saturated rings. The number of aromatic amines is 1. The van der Waals surface area contributed by atoms with Crippen molar-refractivity contribution in [2.45, 2.75) is 25.1 Å². The molecular weight excluding hydrogens is 402 g/mol. The number of alkyl halides is 3. The predicted octanol–water partition coefficient (Wildman–Crippen LogP) is 4.08. The standard InChI is InChI=1S/C21H17F4N3O2/c22-16-10-11(3-6-15(16)21(23,24)25)12-4-5-14(18-13(12)7-8-27-18)20(30)28-9-1-2-17(28)19(26)29/h3-8,10,17,27H,1-2,9H2,(H2,26,29)/t17-/m0/s1. The Bertz CT molecular complexity index is 1150. The molecule has 0 aliphatic carbocycles. The molecule has 4 rings (SSSR count). The SMILES string of the molecule is NC(=O)[C@@H]1CCCN1C(=O)c1ccc(-c2ccc(C(F)(F)F)c(F)c2)c2cc[nH]c12. The quantitative estimate of drug-likeness (QED) is 0.628. The number of hydrogen-bond donors (Lipinski definition) is 2. The fourth-order valence-corrected chi connectivity index (χ4v) is 3.96. The molecule has 5 nitrogen and oxygen atoms in total. The molecule has 0 bridgehead atoms. The van der Waals surface area contributed by atoms with Crippen molar-refractivity contribution in [2.75, 3.05) is 6.54 Å². The first-order valence-electron chi connectivity index (χ1n) is 9.26. The Hall–Kier alpha value is -3.36. The molecule has 1 aromatic heterocycles. The number of halogens is 4. The second kappa shape index (κ2) is 7.16. The summed E-state index contributed by atoms with van der Waals surface area (Å²) in [5.74, 6) is -2.31. The zero-order valence-electron chi connectivity index (χ0n) is 15.6. The van der Waals surface area contributed by atoms with Crippen molar-refractivity contribution >= 4 is 22.7 Å². The van der Waals surface area contributed by atoms with Gasteiger partial charge in [0, 0.05) is 18.1 Å². The summed E-state index contributed by atoms with van der Waals surface area (Å²) in [5, 5.41) is 0.551. The van der Waals surface area contributed by atoms with E-state index in [4.69, 9.17) is 5.73 Å². The van der Waals surface area contributed by atoms with Crippen LogP contribution in [0.15, 0.2) is 42.6 Å². The molecule has 2 amide bonds. The van der Waals surface area contributed by atoms with Gasteiger partial charge in [0.1, 0.15) is 11.9 Å².